The van der Waals surface area contributed by atoms with Gasteiger partial charge in [0.15, 0.2) is 0 Å². The first-order valence-electron chi connectivity index (χ1n) is 6.55. The number of aromatic nitrogens is 2. The summed E-state index contributed by atoms with van der Waals surface area (Å²) in [6.45, 7) is 4.57. The maximum Gasteiger partial charge on any atom is 0.119 e. The summed E-state index contributed by atoms with van der Waals surface area (Å²) in [5.41, 5.74) is 7.06. The highest BCUT2D eigenvalue weighted by Gasteiger charge is 2.16. The molecule has 2 rings (SSSR count). The van der Waals surface area contributed by atoms with Crippen molar-refractivity contribution in [3.63, 3.8) is 0 Å². The van der Waals surface area contributed by atoms with Gasteiger partial charge in [-0.2, -0.15) is 0 Å². The van der Waals surface area contributed by atoms with Gasteiger partial charge in [-0.1, -0.05) is 12.1 Å². The molecule has 1 unspecified atom stereocenters. The number of hydrogen-bond donors (Lipinski definition) is 1. The Morgan fingerprint density at radius 3 is 2.42 bits per heavy atom. The molecular formula is C15H21N3O. The molecule has 19 heavy (non-hydrogen) atoms. The Morgan fingerprint density at radius 2 is 1.95 bits per heavy atom. The van der Waals surface area contributed by atoms with Gasteiger partial charge in [0, 0.05) is 26.0 Å². The minimum atomic E-state index is 0.119. The summed E-state index contributed by atoms with van der Waals surface area (Å²) in [6.07, 6.45) is 3.92. The first-order chi connectivity index (χ1) is 9.11. The molecule has 4 nitrogen and oxygen atoms in total. The smallest absolute Gasteiger partial charge is 0.119 e. The van der Waals surface area contributed by atoms with Gasteiger partial charge in [0.2, 0.25) is 0 Å². The molecule has 1 heterocycles. The summed E-state index contributed by atoms with van der Waals surface area (Å²) < 4.78 is 7.65. The van der Waals surface area contributed by atoms with Crippen LogP contribution in [0.2, 0.25) is 0 Å². The number of rotatable bonds is 5. The Bertz CT molecular complexity index is 516. The second-order valence-electron chi connectivity index (χ2n) is 4.92. The number of nitrogens with two attached hydrogens (primary N) is 1. The highest BCUT2D eigenvalue weighted by molar-refractivity contribution is 5.33. The predicted octanol–water partition coefficient (Wildman–Crippen LogP) is 2.30. The molecule has 0 spiro atoms. The van der Waals surface area contributed by atoms with Crippen LogP contribution in [0.3, 0.4) is 0 Å². The lowest BCUT2D eigenvalue weighted by Gasteiger charge is -2.16. The van der Waals surface area contributed by atoms with Gasteiger partial charge >= 0.3 is 0 Å². The standard InChI is InChI=1S/C15H21N3O/c1-11(2)19-13-6-4-12(5-7-13)14(10-16)15-17-8-9-18(15)3/h4-9,11,14H,10,16H2,1-3H3. The van der Waals surface area contributed by atoms with Crippen LogP contribution in [-0.4, -0.2) is 22.2 Å². The third-order valence-corrected chi connectivity index (χ3v) is 3.06. The average Bonchev–Trinajstić information content (AvgIpc) is 2.78. The topological polar surface area (TPSA) is 53.1 Å². The first-order valence-corrected chi connectivity index (χ1v) is 6.55. The molecule has 2 aromatic rings. The van der Waals surface area contributed by atoms with Crippen molar-refractivity contribution in [1.29, 1.82) is 0 Å². The van der Waals surface area contributed by atoms with E-state index in [0.29, 0.717) is 6.54 Å². The van der Waals surface area contributed by atoms with Gasteiger partial charge in [-0.15, -0.1) is 0 Å². The summed E-state index contributed by atoms with van der Waals surface area (Å²) >= 11 is 0. The lowest BCUT2D eigenvalue weighted by atomic mass is 9.98. The molecule has 0 amide bonds. The molecule has 0 fully saturated rings. The van der Waals surface area contributed by atoms with Crippen molar-refractivity contribution in [1.82, 2.24) is 9.55 Å². The van der Waals surface area contributed by atoms with E-state index >= 15 is 0 Å². The minimum Gasteiger partial charge on any atom is -0.491 e. The van der Waals surface area contributed by atoms with Crippen LogP contribution in [0.15, 0.2) is 36.7 Å². The second kappa shape index (κ2) is 5.89. The van der Waals surface area contributed by atoms with Gasteiger partial charge in [0.05, 0.1) is 12.0 Å². The van der Waals surface area contributed by atoms with E-state index in [9.17, 15) is 0 Å². The Labute approximate surface area is 114 Å². The Kier molecular flexibility index (Phi) is 4.22. The Balaban J connectivity index is 2.22. The predicted molar refractivity (Wildman–Crippen MR) is 76.3 cm³/mol. The van der Waals surface area contributed by atoms with Gasteiger partial charge in [-0.25, -0.2) is 4.98 Å². The van der Waals surface area contributed by atoms with Crippen LogP contribution in [0.25, 0.3) is 0 Å². The molecule has 0 saturated heterocycles. The molecule has 0 radical (unpaired) electrons. The third kappa shape index (κ3) is 3.15. The van der Waals surface area contributed by atoms with E-state index in [1.54, 1.807) is 6.20 Å². The van der Waals surface area contributed by atoms with Gasteiger partial charge in [0.1, 0.15) is 11.6 Å². The lowest BCUT2D eigenvalue weighted by Crippen LogP contribution is -2.17. The molecule has 1 aromatic carbocycles. The Morgan fingerprint density at radius 1 is 1.26 bits per heavy atom. The van der Waals surface area contributed by atoms with Crippen molar-refractivity contribution in [2.75, 3.05) is 6.54 Å². The van der Waals surface area contributed by atoms with E-state index in [0.717, 1.165) is 17.1 Å². The van der Waals surface area contributed by atoms with Crippen LogP contribution in [0.4, 0.5) is 0 Å². The fourth-order valence-corrected chi connectivity index (χ4v) is 2.15. The number of hydrogen-bond acceptors (Lipinski definition) is 3. The highest BCUT2D eigenvalue weighted by Crippen LogP contribution is 2.24. The minimum absolute atomic E-state index is 0.119. The first kappa shape index (κ1) is 13.6. The van der Waals surface area contributed by atoms with Gasteiger partial charge in [0.25, 0.3) is 0 Å². The highest BCUT2D eigenvalue weighted by atomic mass is 16.5. The van der Waals surface area contributed by atoms with Gasteiger partial charge < -0.3 is 15.0 Å². The van der Waals surface area contributed by atoms with Crippen molar-refractivity contribution in [3.8, 4) is 5.75 Å². The molecule has 0 aliphatic carbocycles. The van der Waals surface area contributed by atoms with Crippen LogP contribution in [0, 0.1) is 0 Å². The van der Waals surface area contributed by atoms with Gasteiger partial charge in [-0.3, -0.25) is 0 Å². The third-order valence-electron chi connectivity index (χ3n) is 3.06. The fourth-order valence-electron chi connectivity index (χ4n) is 2.15. The monoisotopic (exact) mass is 259 g/mol. The summed E-state index contributed by atoms with van der Waals surface area (Å²) in [5, 5.41) is 0. The van der Waals surface area contributed by atoms with Crippen LogP contribution < -0.4 is 10.5 Å². The summed E-state index contributed by atoms with van der Waals surface area (Å²) in [4.78, 5) is 4.39. The lowest BCUT2D eigenvalue weighted by molar-refractivity contribution is 0.242. The van der Waals surface area contributed by atoms with Crippen molar-refractivity contribution < 1.29 is 4.74 Å². The molecule has 4 heteroatoms. The zero-order valence-corrected chi connectivity index (χ0v) is 11.7. The summed E-state index contributed by atoms with van der Waals surface area (Å²) in [6, 6.07) is 8.09. The Hall–Kier alpha value is -1.81. The number of aryl methyl sites for hydroxylation is 1. The van der Waals surface area contributed by atoms with Crippen LogP contribution >= 0.6 is 0 Å². The molecular weight excluding hydrogens is 238 g/mol. The van der Waals surface area contributed by atoms with Gasteiger partial charge in [-0.05, 0) is 31.5 Å². The average molecular weight is 259 g/mol. The van der Waals surface area contributed by atoms with E-state index in [-0.39, 0.29) is 12.0 Å². The zero-order chi connectivity index (χ0) is 13.8. The number of imidazole rings is 1. The van der Waals surface area contributed by atoms with Crippen molar-refractivity contribution in [3.05, 3.63) is 48.0 Å². The fraction of sp³-hybridized carbons (Fsp3) is 0.400. The molecule has 102 valence electrons. The largest absolute Gasteiger partial charge is 0.491 e. The van der Waals surface area contributed by atoms with Crippen molar-refractivity contribution in [2.45, 2.75) is 25.9 Å². The van der Waals surface area contributed by atoms with Crippen molar-refractivity contribution in [2.24, 2.45) is 12.8 Å². The van der Waals surface area contributed by atoms with E-state index in [1.165, 1.54) is 0 Å². The van der Waals surface area contributed by atoms with Crippen LogP contribution in [0.5, 0.6) is 5.75 Å². The molecule has 1 aromatic heterocycles. The normalized spacial score (nSPS) is 12.7. The maximum atomic E-state index is 5.90. The molecule has 0 aliphatic rings. The quantitative estimate of drug-likeness (QED) is 0.896. The molecule has 2 N–H and O–H groups in total. The van der Waals surface area contributed by atoms with Crippen molar-refractivity contribution >= 4 is 0 Å². The van der Waals surface area contributed by atoms with Crippen LogP contribution in [0.1, 0.15) is 31.2 Å². The number of nitrogens with zero attached hydrogens (tertiary/aromatic N) is 2. The molecule has 0 aliphatic heterocycles. The SMILES string of the molecule is CC(C)Oc1ccc(C(CN)c2nccn2C)cc1. The maximum absolute atomic E-state index is 5.90. The van der Waals surface area contributed by atoms with Crippen LogP contribution in [-0.2, 0) is 7.05 Å². The second-order valence-corrected chi connectivity index (χ2v) is 4.92. The van der Waals surface area contributed by atoms with E-state index < -0.39 is 0 Å². The zero-order valence-electron chi connectivity index (χ0n) is 11.7. The van der Waals surface area contributed by atoms with E-state index in [4.69, 9.17) is 10.5 Å². The summed E-state index contributed by atoms with van der Waals surface area (Å²) in [7, 11) is 1.99. The number of benzene rings is 1. The van der Waals surface area contributed by atoms with E-state index in [1.807, 2.05) is 43.8 Å². The molecule has 0 bridgehead atoms. The number of ether oxygens (including phenoxy) is 1. The molecule has 1 atom stereocenters. The van der Waals surface area contributed by atoms with E-state index in [2.05, 4.69) is 17.1 Å². The molecule has 0 saturated carbocycles. The summed E-state index contributed by atoms with van der Waals surface area (Å²) in [5.74, 6) is 1.99.